The van der Waals surface area contributed by atoms with Crippen LogP contribution >= 0.6 is 11.6 Å². The number of carbonyl (C=O) groups is 2. The second-order valence-corrected chi connectivity index (χ2v) is 12.9. The standard InChI is InChI=1S/C28H40ClN3O4S/c1-8-24(27(34)30-28(4,5)6)31(19-22-14-11-20(2)12-15-22)26(33)10-9-17-32(37(7,35)36)25-18-23(29)16-13-21(25)3/h11-16,18,24H,8-10,17,19H2,1-7H3,(H,30,34). The molecule has 2 aromatic rings. The third kappa shape index (κ3) is 9.34. The van der Waals surface area contributed by atoms with Crippen molar-refractivity contribution in [1.82, 2.24) is 10.2 Å². The number of rotatable bonds is 11. The number of nitrogens with zero attached hydrogens (tertiary/aromatic N) is 2. The number of carbonyl (C=O) groups excluding carboxylic acids is 2. The molecule has 0 saturated heterocycles. The van der Waals surface area contributed by atoms with Crippen LogP contribution in [-0.4, -0.2) is 49.5 Å². The number of benzene rings is 2. The van der Waals surface area contributed by atoms with Gasteiger partial charge in [0, 0.05) is 30.1 Å². The van der Waals surface area contributed by atoms with Crippen LogP contribution in [0.4, 0.5) is 5.69 Å². The molecule has 2 rings (SSSR count). The highest BCUT2D eigenvalue weighted by molar-refractivity contribution is 7.92. The molecular formula is C28H40ClN3O4S. The molecule has 204 valence electrons. The minimum Gasteiger partial charge on any atom is -0.350 e. The summed E-state index contributed by atoms with van der Waals surface area (Å²) < 4.78 is 26.5. The smallest absolute Gasteiger partial charge is 0.243 e. The van der Waals surface area contributed by atoms with Gasteiger partial charge in [0.2, 0.25) is 21.8 Å². The van der Waals surface area contributed by atoms with E-state index in [1.54, 1.807) is 23.1 Å². The summed E-state index contributed by atoms with van der Waals surface area (Å²) in [6.45, 7) is 11.8. The first-order valence-electron chi connectivity index (χ1n) is 12.5. The zero-order valence-corrected chi connectivity index (χ0v) is 24.5. The van der Waals surface area contributed by atoms with Crippen molar-refractivity contribution in [3.05, 3.63) is 64.2 Å². The molecule has 9 heteroatoms. The van der Waals surface area contributed by atoms with Gasteiger partial charge in [0.1, 0.15) is 6.04 Å². The molecule has 0 heterocycles. The number of aryl methyl sites for hydroxylation is 2. The van der Waals surface area contributed by atoms with Gasteiger partial charge in [0.05, 0.1) is 11.9 Å². The van der Waals surface area contributed by atoms with Crippen molar-refractivity contribution in [2.45, 2.75) is 78.9 Å². The van der Waals surface area contributed by atoms with Crippen LogP contribution in [0.25, 0.3) is 0 Å². The Kier molecular flexibility index (Phi) is 10.6. The van der Waals surface area contributed by atoms with Crippen molar-refractivity contribution in [1.29, 1.82) is 0 Å². The van der Waals surface area contributed by atoms with Gasteiger partial charge >= 0.3 is 0 Å². The summed E-state index contributed by atoms with van der Waals surface area (Å²) in [7, 11) is -3.60. The largest absolute Gasteiger partial charge is 0.350 e. The lowest BCUT2D eigenvalue weighted by Crippen LogP contribution is -2.53. The average Bonchev–Trinajstić information content (AvgIpc) is 2.77. The SMILES string of the molecule is CCC(C(=O)NC(C)(C)C)N(Cc1ccc(C)cc1)C(=O)CCCN(c1cc(Cl)ccc1C)S(C)(=O)=O. The van der Waals surface area contributed by atoms with Crippen molar-refractivity contribution in [3.63, 3.8) is 0 Å². The summed E-state index contributed by atoms with van der Waals surface area (Å²) in [5, 5.41) is 3.43. The lowest BCUT2D eigenvalue weighted by atomic mass is 10.0. The fourth-order valence-corrected chi connectivity index (χ4v) is 5.28. The van der Waals surface area contributed by atoms with Crippen molar-refractivity contribution >= 4 is 39.1 Å². The van der Waals surface area contributed by atoms with Gasteiger partial charge in [-0.15, -0.1) is 0 Å². The molecule has 2 aromatic carbocycles. The van der Waals surface area contributed by atoms with Crippen LogP contribution in [0.1, 0.15) is 63.6 Å². The number of halogens is 1. The van der Waals surface area contributed by atoms with Gasteiger partial charge in [-0.05, 0) is 70.7 Å². The van der Waals surface area contributed by atoms with E-state index in [0.29, 0.717) is 30.1 Å². The molecule has 0 aromatic heterocycles. The van der Waals surface area contributed by atoms with E-state index >= 15 is 0 Å². The van der Waals surface area contributed by atoms with Gasteiger partial charge in [0.15, 0.2) is 0 Å². The molecule has 1 N–H and O–H groups in total. The Morgan fingerprint density at radius 2 is 1.68 bits per heavy atom. The van der Waals surface area contributed by atoms with Gasteiger partial charge < -0.3 is 10.2 Å². The molecule has 37 heavy (non-hydrogen) atoms. The lowest BCUT2D eigenvalue weighted by molar-refractivity contribution is -0.142. The minimum absolute atomic E-state index is 0.0940. The van der Waals surface area contributed by atoms with E-state index in [-0.39, 0.29) is 24.8 Å². The van der Waals surface area contributed by atoms with Crippen LogP contribution in [0.2, 0.25) is 5.02 Å². The third-order valence-corrected chi connectivity index (χ3v) is 7.36. The summed E-state index contributed by atoms with van der Waals surface area (Å²) in [5.74, 6) is -0.407. The predicted octanol–water partition coefficient (Wildman–Crippen LogP) is 5.23. The van der Waals surface area contributed by atoms with Gasteiger partial charge in [-0.1, -0.05) is 54.4 Å². The molecule has 0 aliphatic carbocycles. The number of hydrogen-bond donors (Lipinski definition) is 1. The Balaban J connectivity index is 2.27. The molecule has 1 unspecified atom stereocenters. The third-order valence-electron chi connectivity index (χ3n) is 5.95. The molecule has 1 atom stereocenters. The first-order valence-corrected chi connectivity index (χ1v) is 14.8. The minimum atomic E-state index is -3.60. The predicted molar refractivity (Wildman–Crippen MR) is 151 cm³/mol. The summed E-state index contributed by atoms with van der Waals surface area (Å²) in [6, 6.07) is 12.3. The summed E-state index contributed by atoms with van der Waals surface area (Å²) >= 11 is 6.13. The van der Waals surface area contributed by atoms with Crippen LogP contribution in [0.15, 0.2) is 42.5 Å². The summed E-state index contributed by atoms with van der Waals surface area (Å²) in [5.41, 5.74) is 2.86. The molecule has 0 aliphatic heterocycles. The van der Waals surface area contributed by atoms with Crippen molar-refractivity contribution < 1.29 is 18.0 Å². The second kappa shape index (κ2) is 12.8. The first kappa shape index (κ1) is 30.6. The highest BCUT2D eigenvalue weighted by atomic mass is 35.5. The monoisotopic (exact) mass is 549 g/mol. The highest BCUT2D eigenvalue weighted by Crippen LogP contribution is 2.27. The maximum Gasteiger partial charge on any atom is 0.243 e. The molecule has 0 fully saturated rings. The van der Waals surface area contributed by atoms with Crippen molar-refractivity contribution in [3.8, 4) is 0 Å². The molecule has 0 bridgehead atoms. The number of hydrogen-bond acceptors (Lipinski definition) is 4. The van der Waals surface area contributed by atoms with E-state index in [2.05, 4.69) is 5.32 Å². The quantitative estimate of drug-likeness (QED) is 0.416. The molecule has 2 amide bonds. The van der Waals surface area contributed by atoms with E-state index in [4.69, 9.17) is 11.6 Å². The Bertz CT molecular complexity index is 1190. The first-order chi connectivity index (χ1) is 17.1. The van der Waals surface area contributed by atoms with Crippen LogP contribution in [0, 0.1) is 13.8 Å². The van der Waals surface area contributed by atoms with Crippen LogP contribution < -0.4 is 9.62 Å². The van der Waals surface area contributed by atoms with Crippen molar-refractivity contribution in [2.75, 3.05) is 17.1 Å². The van der Waals surface area contributed by atoms with Crippen LogP contribution in [-0.2, 0) is 26.2 Å². The van der Waals surface area contributed by atoms with Gasteiger partial charge in [-0.3, -0.25) is 13.9 Å². The van der Waals surface area contributed by atoms with E-state index in [0.717, 1.165) is 22.9 Å². The van der Waals surface area contributed by atoms with E-state index in [1.165, 1.54) is 4.31 Å². The Labute approximate surface area is 227 Å². The van der Waals surface area contributed by atoms with E-state index in [1.807, 2.05) is 65.8 Å². The molecule has 0 radical (unpaired) electrons. The number of amides is 2. The fraction of sp³-hybridized carbons (Fsp3) is 0.500. The second-order valence-electron chi connectivity index (χ2n) is 10.5. The normalized spacial score (nSPS) is 12.6. The Morgan fingerprint density at radius 3 is 2.22 bits per heavy atom. The van der Waals surface area contributed by atoms with Gasteiger partial charge in [0.25, 0.3) is 0 Å². The number of nitrogens with one attached hydrogen (secondary N) is 1. The fourth-order valence-electron chi connectivity index (χ4n) is 4.10. The maximum atomic E-state index is 13.5. The van der Waals surface area contributed by atoms with E-state index < -0.39 is 21.6 Å². The Hall–Kier alpha value is -2.58. The zero-order chi connectivity index (χ0) is 28.0. The maximum absolute atomic E-state index is 13.5. The molecule has 0 saturated carbocycles. The highest BCUT2D eigenvalue weighted by Gasteiger charge is 2.30. The molecular weight excluding hydrogens is 510 g/mol. The molecule has 0 spiro atoms. The van der Waals surface area contributed by atoms with Gasteiger partial charge in [-0.2, -0.15) is 0 Å². The van der Waals surface area contributed by atoms with E-state index in [9.17, 15) is 18.0 Å². The molecule has 7 nitrogen and oxygen atoms in total. The summed E-state index contributed by atoms with van der Waals surface area (Å²) in [4.78, 5) is 28.3. The van der Waals surface area contributed by atoms with Crippen LogP contribution in [0.3, 0.4) is 0 Å². The van der Waals surface area contributed by atoms with Crippen molar-refractivity contribution in [2.24, 2.45) is 0 Å². The lowest BCUT2D eigenvalue weighted by Gasteiger charge is -2.33. The van der Waals surface area contributed by atoms with Gasteiger partial charge in [-0.25, -0.2) is 8.42 Å². The molecule has 0 aliphatic rings. The Morgan fingerprint density at radius 1 is 1.05 bits per heavy atom. The number of anilines is 1. The van der Waals surface area contributed by atoms with Crippen LogP contribution in [0.5, 0.6) is 0 Å². The topological polar surface area (TPSA) is 86.8 Å². The average molecular weight is 550 g/mol. The number of sulfonamides is 1. The summed E-state index contributed by atoms with van der Waals surface area (Å²) in [6.07, 6.45) is 1.98. The zero-order valence-electron chi connectivity index (χ0n) is 23.0.